The molecular weight excluding hydrogens is 192 g/mol. The van der Waals surface area contributed by atoms with Gasteiger partial charge >= 0.3 is 0 Å². The number of carbonyl (C=O) groups excluding carboxylic acids is 1. The molecule has 0 aliphatic carbocycles. The minimum absolute atomic E-state index is 0.00965. The number of benzene rings is 1. The fourth-order valence-electron chi connectivity index (χ4n) is 1.80. The van der Waals surface area contributed by atoms with Crippen LogP contribution in [0.3, 0.4) is 0 Å². The van der Waals surface area contributed by atoms with Gasteiger partial charge in [-0.2, -0.15) is 0 Å². The topological polar surface area (TPSA) is 59.0 Å². The molecule has 15 heavy (non-hydrogen) atoms. The maximum Gasteiger partial charge on any atom is 0.240 e. The van der Waals surface area contributed by atoms with Crippen molar-refractivity contribution < 1.29 is 4.79 Å². The SMILES string of the molecule is O=C1CCn2c(nc3ccccc32)NN1. The Morgan fingerprint density at radius 3 is 3.07 bits per heavy atom. The number of para-hydroxylation sites is 2. The summed E-state index contributed by atoms with van der Waals surface area (Å²) in [7, 11) is 0. The first-order valence-electron chi connectivity index (χ1n) is 4.85. The van der Waals surface area contributed by atoms with Gasteiger partial charge in [0.15, 0.2) is 0 Å². The number of carbonyl (C=O) groups is 1. The second-order valence-electron chi connectivity index (χ2n) is 3.50. The zero-order valence-corrected chi connectivity index (χ0v) is 8.03. The van der Waals surface area contributed by atoms with Gasteiger partial charge in [0, 0.05) is 13.0 Å². The third kappa shape index (κ3) is 1.24. The smallest absolute Gasteiger partial charge is 0.240 e. The van der Waals surface area contributed by atoms with Crippen molar-refractivity contribution in [3.63, 3.8) is 0 Å². The van der Waals surface area contributed by atoms with Gasteiger partial charge in [0.2, 0.25) is 11.9 Å². The standard InChI is InChI=1S/C10H10N4O/c15-9-5-6-14-8-4-2-1-3-7(8)11-10(14)13-12-9/h1-4H,5-6H2,(H,11,13)(H,12,15). The molecule has 3 rings (SSSR count). The van der Waals surface area contributed by atoms with Crippen molar-refractivity contribution >= 4 is 22.9 Å². The van der Waals surface area contributed by atoms with E-state index in [2.05, 4.69) is 15.8 Å². The van der Waals surface area contributed by atoms with Crippen LogP contribution in [-0.4, -0.2) is 15.5 Å². The summed E-state index contributed by atoms with van der Waals surface area (Å²) in [4.78, 5) is 15.6. The van der Waals surface area contributed by atoms with E-state index in [0.717, 1.165) is 11.0 Å². The lowest BCUT2D eigenvalue weighted by Gasteiger charge is -2.02. The van der Waals surface area contributed by atoms with E-state index in [4.69, 9.17) is 0 Å². The van der Waals surface area contributed by atoms with Crippen LogP contribution in [0.15, 0.2) is 24.3 Å². The molecule has 0 spiro atoms. The zero-order chi connectivity index (χ0) is 10.3. The summed E-state index contributed by atoms with van der Waals surface area (Å²) in [5.74, 6) is 0.687. The van der Waals surface area contributed by atoms with Gasteiger partial charge in [0.1, 0.15) is 0 Å². The van der Waals surface area contributed by atoms with Gasteiger partial charge in [0.25, 0.3) is 0 Å². The summed E-state index contributed by atoms with van der Waals surface area (Å²) in [5.41, 5.74) is 7.40. The van der Waals surface area contributed by atoms with Gasteiger partial charge < -0.3 is 4.57 Å². The van der Waals surface area contributed by atoms with Crippen LogP contribution in [0.1, 0.15) is 6.42 Å². The first-order valence-corrected chi connectivity index (χ1v) is 4.85. The number of nitrogens with zero attached hydrogens (tertiary/aromatic N) is 2. The van der Waals surface area contributed by atoms with Crippen LogP contribution >= 0.6 is 0 Å². The van der Waals surface area contributed by atoms with E-state index < -0.39 is 0 Å². The van der Waals surface area contributed by atoms with Gasteiger partial charge in [-0.15, -0.1) is 0 Å². The quantitative estimate of drug-likeness (QED) is 0.666. The van der Waals surface area contributed by atoms with Crippen LogP contribution in [0, 0.1) is 0 Å². The molecule has 0 atom stereocenters. The number of rotatable bonds is 0. The van der Waals surface area contributed by atoms with Crippen molar-refractivity contribution in [1.29, 1.82) is 0 Å². The number of aromatic nitrogens is 2. The van der Waals surface area contributed by atoms with Gasteiger partial charge in [-0.25, -0.2) is 4.98 Å². The van der Waals surface area contributed by atoms with Crippen molar-refractivity contribution in [3.8, 4) is 0 Å². The molecule has 0 saturated heterocycles. The van der Waals surface area contributed by atoms with Crippen LogP contribution < -0.4 is 10.9 Å². The number of anilines is 1. The van der Waals surface area contributed by atoms with Gasteiger partial charge in [-0.05, 0) is 12.1 Å². The lowest BCUT2D eigenvalue weighted by molar-refractivity contribution is -0.120. The molecule has 5 heteroatoms. The Balaban J connectivity index is 2.19. The summed E-state index contributed by atoms with van der Waals surface area (Å²) in [6, 6.07) is 7.88. The maximum atomic E-state index is 11.2. The molecule has 2 N–H and O–H groups in total. The molecule has 1 aliphatic rings. The number of aryl methyl sites for hydroxylation is 1. The van der Waals surface area contributed by atoms with Crippen molar-refractivity contribution in [3.05, 3.63) is 24.3 Å². The summed E-state index contributed by atoms with van der Waals surface area (Å²) in [6.45, 7) is 0.661. The van der Waals surface area contributed by atoms with Gasteiger partial charge in [-0.3, -0.25) is 15.6 Å². The van der Waals surface area contributed by atoms with Gasteiger partial charge in [0.05, 0.1) is 11.0 Å². The van der Waals surface area contributed by atoms with Crippen LogP contribution in [0.5, 0.6) is 0 Å². The number of imidazole rings is 1. The lowest BCUT2D eigenvalue weighted by Crippen LogP contribution is -2.27. The number of hydrogen-bond acceptors (Lipinski definition) is 3. The largest absolute Gasteiger partial charge is 0.308 e. The van der Waals surface area contributed by atoms with E-state index in [1.165, 1.54) is 0 Å². The minimum atomic E-state index is -0.00965. The Hall–Kier alpha value is -2.04. The number of hydrogen-bond donors (Lipinski definition) is 2. The van der Waals surface area contributed by atoms with Crippen molar-refractivity contribution in [2.24, 2.45) is 0 Å². The molecular formula is C10H10N4O. The number of nitrogens with one attached hydrogen (secondary N) is 2. The average molecular weight is 202 g/mol. The molecule has 1 aliphatic heterocycles. The number of hydrazine groups is 1. The number of fused-ring (bicyclic) bond motifs is 3. The van der Waals surface area contributed by atoms with E-state index in [9.17, 15) is 4.79 Å². The highest BCUT2D eigenvalue weighted by Gasteiger charge is 2.15. The van der Waals surface area contributed by atoms with E-state index in [1.807, 2.05) is 28.8 Å². The number of amides is 1. The molecule has 5 nitrogen and oxygen atoms in total. The predicted octanol–water partition coefficient (Wildman–Crippen LogP) is 0.883. The molecule has 0 fully saturated rings. The van der Waals surface area contributed by atoms with Gasteiger partial charge in [-0.1, -0.05) is 12.1 Å². The fraction of sp³-hybridized carbons (Fsp3) is 0.200. The van der Waals surface area contributed by atoms with Crippen LogP contribution in [0.25, 0.3) is 11.0 Å². The summed E-state index contributed by atoms with van der Waals surface area (Å²) in [5, 5.41) is 0. The first-order chi connectivity index (χ1) is 7.34. The second-order valence-corrected chi connectivity index (χ2v) is 3.50. The molecule has 2 aromatic rings. The van der Waals surface area contributed by atoms with E-state index in [1.54, 1.807) is 0 Å². The molecule has 1 amide bonds. The van der Waals surface area contributed by atoms with E-state index in [-0.39, 0.29) is 5.91 Å². The molecule has 1 aromatic heterocycles. The Labute approximate surface area is 86.1 Å². The predicted molar refractivity (Wildman–Crippen MR) is 56.1 cm³/mol. The van der Waals surface area contributed by atoms with E-state index >= 15 is 0 Å². The maximum absolute atomic E-state index is 11.2. The Morgan fingerprint density at radius 2 is 2.13 bits per heavy atom. The third-order valence-corrected chi connectivity index (χ3v) is 2.53. The third-order valence-electron chi connectivity index (χ3n) is 2.53. The normalized spacial score (nSPS) is 15.3. The molecule has 76 valence electrons. The van der Waals surface area contributed by atoms with Crippen molar-refractivity contribution in [1.82, 2.24) is 15.0 Å². The van der Waals surface area contributed by atoms with Crippen molar-refractivity contribution in [2.45, 2.75) is 13.0 Å². The Morgan fingerprint density at radius 1 is 1.27 bits per heavy atom. The molecule has 0 unspecified atom stereocenters. The lowest BCUT2D eigenvalue weighted by atomic mass is 10.3. The average Bonchev–Trinajstić information content (AvgIpc) is 2.51. The summed E-state index contributed by atoms with van der Waals surface area (Å²) in [6.07, 6.45) is 0.473. The highest BCUT2D eigenvalue weighted by atomic mass is 16.2. The molecule has 0 bridgehead atoms. The second kappa shape index (κ2) is 2.98. The minimum Gasteiger partial charge on any atom is -0.308 e. The zero-order valence-electron chi connectivity index (χ0n) is 8.03. The molecule has 0 saturated carbocycles. The Bertz CT molecular complexity index is 531. The highest BCUT2D eigenvalue weighted by molar-refractivity contribution is 5.82. The first kappa shape index (κ1) is 8.28. The fourth-order valence-corrected chi connectivity index (χ4v) is 1.80. The Kier molecular flexibility index (Phi) is 1.65. The van der Waals surface area contributed by atoms with Crippen LogP contribution in [0.2, 0.25) is 0 Å². The summed E-state index contributed by atoms with van der Waals surface area (Å²) >= 11 is 0. The highest BCUT2D eigenvalue weighted by Crippen LogP contribution is 2.20. The molecule has 2 heterocycles. The monoisotopic (exact) mass is 202 g/mol. The van der Waals surface area contributed by atoms with E-state index in [0.29, 0.717) is 18.9 Å². The molecule has 1 aromatic carbocycles. The molecule has 0 radical (unpaired) electrons. The van der Waals surface area contributed by atoms with Crippen LogP contribution in [-0.2, 0) is 11.3 Å². The van der Waals surface area contributed by atoms with Crippen LogP contribution in [0.4, 0.5) is 5.95 Å². The summed E-state index contributed by atoms with van der Waals surface area (Å²) < 4.78 is 2.01. The van der Waals surface area contributed by atoms with Crippen molar-refractivity contribution in [2.75, 3.05) is 5.43 Å².